The van der Waals surface area contributed by atoms with Crippen LogP contribution in [0, 0.1) is 39.4 Å². The standard InChI is InChI=1S/C20H16N4O2/c1-12-16(13(2)25)15(9-8-14-6-4-3-5-7-14)20(11-22)18(26)24-17(23)19(12,20)10-21/h3-9,15H,1-2H3,(H2,23,24,26)/p+1/b9-8+/t15-,19+,20+/m1/s1. The van der Waals surface area contributed by atoms with Crippen LogP contribution < -0.4 is 10.7 Å². The van der Waals surface area contributed by atoms with Crippen molar-refractivity contribution in [3.05, 3.63) is 53.1 Å². The van der Waals surface area contributed by atoms with Crippen molar-refractivity contribution in [1.29, 1.82) is 10.5 Å². The molecule has 26 heavy (non-hydrogen) atoms. The second-order valence-corrected chi connectivity index (χ2v) is 6.49. The molecule has 0 bridgehead atoms. The quantitative estimate of drug-likeness (QED) is 0.812. The number of ketones is 1. The number of nitrogens with one attached hydrogen (secondary N) is 1. The monoisotopic (exact) mass is 345 g/mol. The number of fused-ring (bicyclic) bond motifs is 1. The van der Waals surface area contributed by atoms with Gasteiger partial charge in [0.25, 0.3) is 5.84 Å². The zero-order valence-corrected chi connectivity index (χ0v) is 14.4. The topological polar surface area (TPSA) is 122 Å². The molecule has 1 heterocycles. The molecule has 0 fully saturated rings. The molecule has 1 aromatic carbocycles. The lowest BCUT2D eigenvalue weighted by atomic mass is 9.61. The number of Topliss-reactive ketones (excluding diaryl/α,β-unsaturated/α-hetero) is 1. The highest BCUT2D eigenvalue weighted by atomic mass is 16.2. The Labute approximate surface area is 150 Å². The molecule has 6 heteroatoms. The molecule has 1 aromatic rings. The van der Waals surface area contributed by atoms with E-state index in [1.165, 1.54) is 6.92 Å². The van der Waals surface area contributed by atoms with E-state index in [0.717, 1.165) is 5.56 Å². The van der Waals surface area contributed by atoms with E-state index >= 15 is 0 Å². The van der Waals surface area contributed by atoms with Crippen molar-refractivity contribution in [2.24, 2.45) is 22.5 Å². The Bertz CT molecular complexity index is 991. The summed E-state index contributed by atoms with van der Waals surface area (Å²) < 4.78 is 0. The fraction of sp³-hybridized carbons (Fsp3) is 0.250. The zero-order valence-electron chi connectivity index (χ0n) is 14.4. The van der Waals surface area contributed by atoms with Crippen LogP contribution in [0.4, 0.5) is 0 Å². The van der Waals surface area contributed by atoms with Crippen molar-refractivity contribution in [1.82, 2.24) is 0 Å². The molecule has 3 rings (SSSR count). The third kappa shape index (κ3) is 1.87. The highest BCUT2D eigenvalue weighted by Gasteiger charge is 2.77. The maximum absolute atomic E-state index is 12.8. The summed E-state index contributed by atoms with van der Waals surface area (Å²) in [4.78, 5) is 27.6. The fourth-order valence-corrected chi connectivity index (χ4v) is 4.15. The molecule has 0 saturated carbocycles. The molecule has 0 aromatic heterocycles. The van der Waals surface area contributed by atoms with Crippen LogP contribution in [0.5, 0.6) is 0 Å². The molecular weight excluding hydrogens is 328 g/mol. The largest absolute Gasteiger partial charge is 0.331 e. The van der Waals surface area contributed by atoms with Crippen molar-refractivity contribution in [3.63, 3.8) is 0 Å². The average molecular weight is 345 g/mol. The number of amidine groups is 1. The number of nitrogens with two attached hydrogens (primary N) is 1. The Balaban J connectivity index is 2.28. The van der Waals surface area contributed by atoms with E-state index in [1.54, 1.807) is 19.1 Å². The van der Waals surface area contributed by atoms with Gasteiger partial charge in [-0.05, 0) is 25.0 Å². The molecule has 0 spiro atoms. The molecule has 0 unspecified atom stereocenters. The van der Waals surface area contributed by atoms with Crippen LogP contribution in [-0.2, 0) is 9.59 Å². The average Bonchev–Trinajstić information content (AvgIpc) is 2.99. The molecule has 3 N–H and O–H groups in total. The van der Waals surface area contributed by atoms with E-state index in [4.69, 9.17) is 5.73 Å². The van der Waals surface area contributed by atoms with Crippen molar-refractivity contribution in [2.45, 2.75) is 13.8 Å². The minimum Gasteiger partial charge on any atom is -0.295 e. The van der Waals surface area contributed by atoms with Gasteiger partial charge in [0.05, 0.1) is 12.1 Å². The number of nitrogens with zero attached hydrogens (tertiary/aromatic N) is 2. The third-order valence-corrected chi connectivity index (χ3v) is 5.35. The minimum atomic E-state index is -1.80. The lowest BCUT2D eigenvalue weighted by Gasteiger charge is -2.28. The maximum atomic E-state index is 12.8. The molecule has 0 saturated heterocycles. The van der Waals surface area contributed by atoms with E-state index in [-0.39, 0.29) is 17.2 Å². The van der Waals surface area contributed by atoms with Crippen molar-refractivity contribution in [3.8, 4) is 12.1 Å². The van der Waals surface area contributed by atoms with Gasteiger partial charge in [0, 0.05) is 11.5 Å². The summed E-state index contributed by atoms with van der Waals surface area (Å²) in [6.07, 6.45) is 3.39. The highest BCUT2D eigenvalue weighted by Crippen LogP contribution is 2.60. The first-order chi connectivity index (χ1) is 12.4. The zero-order chi connectivity index (χ0) is 19.1. The predicted octanol–water partition coefficient (Wildman–Crippen LogP) is 0.233. The number of rotatable bonds is 3. The van der Waals surface area contributed by atoms with Gasteiger partial charge < -0.3 is 0 Å². The van der Waals surface area contributed by atoms with Gasteiger partial charge in [0.1, 0.15) is 0 Å². The third-order valence-electron chi connectivity index (χ3n) is 5.35. The molecule has 1 aliphatic heterocycles. The Morgan fingerprint density at radius 3 is 2.46 bits per heavy atom. The number of carbonyl (C=O) groups is 2. The van der Waals surface area contributed by atoms with E-state index in [9.17, 15) is 20.1 Å². The van der Waals surface area contributed by atoms with Crippen LogP contribution in [0.25, 0.3) is 6.08 Å². The smallest absolute Gasteiger partial charge is 0.295 e. The minimum absolute atomic E-state index is 0.0987. The van der Waals surface area contributed by atoms with Crippen LogP contribution in [-0.4, -0.2) is 17.5 Å². The van der Waals surface area contributed by atoms with Crippen molar-refractivity contribution in [2.75, 3.05) is 0 Å². The first-order valence-corrected chi connectivity index (χ1v) is 8.09. The van der Waals surface area contributed by atoms with E-state index in [1.807, 2.05) is 36.4 Å². The molecular formula is C20H17N4O2+. The Morgan fingerprint density at radius 1 is 1.27 bits per heavy atom. The van der Waals surface area contributed by atoms with Crippen LogP contribution in [0.1, 0.15) is 19.4 Å². The number of amides is 1. The van der Waals surface area contributed by atoms with E-state index < -0.39 is 22.7 Å². The number of hydrogen-bond donors (Lipinski definition) is 2. The molecule has 1 aliphatic carbocycles. The molecule has 0 radical (unpaired) electrons. The van der Waals surface area contributed by atoms with Crippen LogP contribution >= 0.6 is 0 Å². The summed E-state index contributed by atoms with van der Waals surface area (Å²) in [6, 6.07) is 13.4. The summed E-state index contributed by atoms with van der Waals surface area (Å²) in [6.45, 7) is 2.96. The number of allylic oxidation sites excluding steroid dienone is 2. The summed E-state index contributed by atoms with van der Waals surface area (Å²) >= 11 is 0. The maximum Gasteiger partial charge on any atom is 0.331 e. The Morgan fingerprint density at radius 2 is 1.92 bits per heavy atom. The van der Waals surface area contributed by atoms with Crippen LogP contribution in [0.15, 0.2) is 47.6 Å². The normalized spacial score (nSPS) is 30.1. The number of benzene rings is 1. The molecule has 6 nitrogen and oxygen atoms in total. The molecule has 3 atom stereocenters. The first kappa shape index (κ1) is 17.3. The van der Waals surface area contributed by atoms with E-state index in [0.29, 0.717) is 5.57 Å². The second-order valence-electron chi connectivity index (χ2n) is 6.49. The summed E-state index contributed by atoms with van der Waals surface area (Å²) in [7, 11) is 0. The first-order valence-electron chi connectivity index (χ1n) is 8.09. The number of hydrogen-bond acceptors (Lipinski definition) is 5. The van der Waals surface area contributed by atoms with E-state index in [2.05, 4.69) is 11.1 Å². The Kier molecular flexibility index (Phi) is 3.85. The van der Waals surface area contributed by atoms with Gasteiger partial charge in [-0.2, -0.15) is 10.5 Å². The summed E-state index contributed by atoms with van der Waals surface area (Å²) in [5, 5.41) is 19.9. The van der Waals surface area contributed by atoms with Gasteiger partial charge >= 0.3 is 5.91 Å². The van der Waals surface area contributed by atoms with Gasteiger partial charge in [-0.3, -0.25) is 10.5 Å². The SMILES string of the molecule is CC(=O)C1=C(C)[C@@]2(C#N)C(N)=[NH+]C(=O)[C@]2(C#N)[C@@H]1/C=C/c1ccccc1. The van der Waals surface area contributed by atoms with Gasteiger partial charge in [0.15, 0.2) is 5.78 Å². The fourth-order valence-electron chi connectivity index (χ4n) is 4.15. The van der Waals surface area contributed by atoms with Crippen LogP contribution in [0.3, 0.4) is 0 Å². The van der Waals surface area contributed by atoms with Gasteiger partial charge in [-0.1, -0.05) is 42.5 Å². The number of carbonyl (C=O) groups excluding carboxylic acids is 2. The molecule has 128 valence electrons. The summed E-state index contributed by atoms with van der Waals surface area (Å²) in [5.74, 6) is -1.91. The number of nitriles is 2. The highest BCUT2D eigenvalue weighted by molar-refractivity contribution is 6.10. The molecule has 1 amide bonds. The van der Waals surface area contributed by atoms with Gasteiger partial charge in [-0.25, -0.2) is 9.79 Å². The lowest BCUT2D eigenvalue weighted by Crippen LogP contribution is -2.78. The van der Waals surface area contributed by atoms with Crippen LogP contribution in [0.2, 0.25) is 0 Å². The second kappa shape index (κ2) is 5.79. The van der Waals surface area contributed by atoms with Gasteiger partial charge in [0.2, 0.25) is 10.8 Å². The van der Waals surface area contributed by atoms with Crippen molar-refractivity contribution < 1.29 is 14.6 Å². The lowest BCUT2D eigenvalue weighted by molar-refractivity contribution is -0.377. The predicted molar refractivity (Wildman–Crippen MR) is 93.6 cm³/mol. The molecule has 2 aliphatic rings. The van der Waals surface area contributed by atoms with Gasteiger partial charge in [-0.15, -0.1) is 0 Å². The van der Waals surface area contributed by atoms with Crippen molar-refractivity contribution >= 4 is 23.6 Å². The summed E-state index contributed by atoms with van der Waals surface area (Å²) in [5.41, 5.74) is 4.01. The Hall–Kier alpha value is -3.51.